The third-order valence-electron chi connectivity index (χ3n) is 4.54. The van der Waals surface area contributed by atoms with Gasteiger partial charge in [-0.05, 0) is 55.6 Å². The molecule has 0 fully saturated rings. The van der Waals surface area contributed by atoms with Crippen LogP contribution in [0.5, 0.6) is 11.5 Å². The maximum Gasteiger partial charge on any atom is 0.167 e. The predicted molar refractivity (Wildman–Crippen MR) is 113 cm³/mol. The number of ketones is 1. The number of likely N-dealkylation sites (N-methyl/N-ethyl adjacent to an activating group) is 1. The molecule has 0 aromatic heterocycles. The molecule has 0 unspecified atom stereocenters. The van der Waals surface area contributed by atoms with Gasteiger partial charge in [0.05, 0.1) is 0 Å². The minimum Gasteiger partial charge on any atom is -0.492 e. The van der Waals surface area contributed by atoms with Gasteiger partial charge in [0.25, 0.3) is 0 Å². The standard InChI is InChI=1S/C24H27NO3/c1-18(26)17-28-24-13-10-20-6-4-5-7-22(20)23(24)16-19-8-11-21(12-9-19)27-15-14-25(2)3/h4-13H,14-17H2,1-3H3. The van der Waals surface area contributed by atoms with Crippen molar-refractivity contribution in [3.8, 4) is 11.5 Å². The summed E-state index contributed by atoms with van der Waals surface area (Å²) in [4.78, 5) is 13.5. The Labute approximate surface area is 166 Å². The summed E-state index contributed by atoms with van der Waals surface area (Å²) >= 11 is 0. The zero-order chi connectivity index (χ0) is 19.9. The topological polar surface area (TPSA) is 38.8 Å². The molecule has 0 N–H and O–H groups in total. The molecule has 3 rings (SSSR count). The van der Waals surface area contributed by atoms with Crippen LogP contribution in [0.15, 0.2) is 60.7 Å². The zero-order valence-corrected chi connectivity index (χ0v) is 16.8. The normalized spacial score (nSPS) is 11.0. The van der Waals surface area contributed by atoms with E-state index in [9.17, 15) is 4.79 Å². The fourth-order valence-corrected chi connectivity index (χ4v) is 3.07. The maximum atomic E-state index is 11.4. The molecular weight excluding hydrogens is 350 g/mol. The van der Waals surface area contributed by atoms with Crippen molar-refractivity contribution in [2.75, 3.05) is 33.9 Å². The van der Waals surface area contributed by atoms with Gasteiger partial charge in [0.1, 0.15) is 24.7 Å². The van der Waals surface area contributed by atoms with Crippen LogP contribution in [0, 0.1) is 0 Å². The number of carbonyl (C=O) groups is 1. The maximum absolute atomic E-state index is 11.4. The molecule has 0 saturated carbocycles. The first-order chi connectivity index (χ1) is 13.5. The highest BCUT2D eigenvalue weighted by Gasteiger charge is 2.11. The van der Waals surface area contributed by atoms with E-state index in [4.69, 9.17) is 9.47 Å². The molecule has 0 aliphatic rings. The Kier molecular flexibility index (Phi) is 6.66. The number of carbonyl (C=O) groups excluding carboxylic acids is 1. The molecule has 4 nitrogen and oxygen atoms in total. The molecule has 0 radical (unpaired) electrons. The van der Waals surface area contributed by atoms with E-state index in [2.05, 4.69) is 29.2 Å². The van der Waals surface area contributed by atoms with Gasteiger partial charge in [-0.3, -0.25) is 4.79 Å². The molecule has 4 heteroatoms. The van der Waals surface area contributed by atoms with Crippen molar-refractivity contribution in [2.24, 2.45) is 0 Å². The van der Waals surface area contributed by atoms with Gasteiger partial charge >= 0.3 is 0 Å². The highest BCUT2D eigenvalue weighted by molar-refractivity contribution is 5.88. The number of hydrogen-bond donors (Lipinski definition) is 0. The SMILES string of the molecule is CC(=O)COc1ccc2ccccc2c1Cc1ccc(OCCN(C)C)cc1. The Bertz CT molecular complexity index is 932. The molecule has 0 spiro atoms. The second kappa shape index (κ2) is 9.38. The quantitative estimate of drug-likeness (QED) is 0.556. The third-order valence-corrected chi connectivity index (χ3v) is 4.54. The van der Waals surface area contributed by atoms with Crippen LogP contribution in [0.25, 0.3) is 10.8 Å². The molecule has 3 aromatic rings. The number of hydrogen-bond acceptors (Lipinski definition) is 4. The van der Waals surface area contributed by atoms with E-state index in [1.54, 1.807) is 0 Å². The molecule has 3 aromatic carbocycles. The summed E-state index contributed by atoms with van der Waals surface area (Å²) in [6.07, 6.45) is 0.729. The summed E-state index contributed by atoms with van der Waals surface area (Å²) in [6, 6.07) is 20.4. The smallest absolute Gasteiger partial charge is 0.167 e. The van der Waals surface area contributed by atoms with Gasteiger partial charge in [-0.2, -0.15) is 0 Å². The van der Waals surface area contributed by atoms with Crippen LogP contribution >= 0.6 is 0 Å². The Balaban J connectivity index is 1.82. The van der Waals surface area contributed by atoms with E-state index in [1.165, 1.54) is 12.5 Å². The van der Waals surface area contributed by atoms with E-state index in [-0.39, 0.29) is 12.4 Å². The Hall–Kier alpha value is -2.85. The average molecular weight is 377 g/mol. The average Bonchev–Trinajstić information content (AvgIpc) is 2.68. The van der Waals surface area contributed by atoms with Crippen LogP contribution in [0.4, 0.5) is 0 Å². The molecule has 0 saturated heterocycles. The number of benzene rings is 3. The van der Waals surface area contributed by atoms with Crippen molar-refractivity contribution in [3.63, 3.8) is 0 Å². The van der Waals surface area contributed by atoms with Crippen molar-refractivity contribution in [1.82, 2.24) is 4.90 Å². The first-order valence-electron chi connectivity index (χ1n) is 9.52. The lowest BCUT2D eigenvalue weighted by atomic mass is 9.97. The predicted octanol–water partition coefficient (Wildman–Crippen LogP) is 4.34. The van der Waals surface area contributed by atoms with Crippen LogP contribution in [0.1, 0.15) is 18.1 Å². The Morgan fingerprint density at radius 1 is 0.929 bits per heavy atom. The molecule has 0 heterocycles. The van der Waals surface area contributed by atoms with Crippen molar-refractivity contribution in [3.05, 3.63) is 71.8 Å². The fourth-order valence-electron chi connectivity index (χ4n) is 3.07. The van der Waals surface area contributed by atoms with Crippen LogP contribution < -0.4 is 9.47 Å². The molecule has 0 aliphatic heterocycles. The summed E-state index contributed by atoms with van der Waals surface area (Å²) in [5.41, 5.74) is 2.27. The summed E-state index contributed by atoms with van der Waals surface area (Å²) in [7, 11) is 4.06. The molecule has 0 aliphatic carbocycles. The second-order valence-corrected chi connectivity index (χ2v) is 7.23. The number of Topliss-reactive ketones (excluding diaryl/α,β-unsaturated/α-hetero) is 1. The number of rotatable bonds is 9. The van der Waals surface area contributed by atoms with Gasteiger partial charge in [-0.25, -0.2) is 0 Å². The van der Waals surface area contributed by atoms with E-state index in [1.807, 2.05) is 50.5 Å². The van der Waals surface area contributed by atoms with Gasteiger partial charge in [0.15, 0.2) is 5.78 Å². The number of fused-ring (bicyclic) bond motifs is 1. The van der Waals surface area contributed by atoms with E-state index < -0.39 is 0 Å². The fraction of sp³-hybridized carbons (Fsp3) is 0.292. The van der Waals surface area contributed by atoms with Crippen molar-refractivity contribution < 1.29 is 14.3 Å². The van der Waals surface area contributed by atoms with Crippen LogP contribution in [0.3, 0.4) is 0 Å². The largest absolute Gasteiger partial charge is 0.492 e. The Morgan fingerprint density at radius 2 is 1.68 bits per heavy atom. The van der Waals surface area contributed by atoms with Gasteiger partial charge in [-0.15, -0.1) is 0 Å². The lowest BCUT2D eigenvalue weighted by Crippen LogP contribution is -2.19. The molecule has 0 bridgehead atoms. The third kappa shape index (κ3) is 5.33. The summed E-state index contributed by atoms with van der Waals surface area (Å²) < 4.78 is 11.6. The van der Waals surface area contributed by atoms with Gasteiger partial charge in [0.2, 0.25) is 0 Å². The van der Waals surface area contributed by atoms with E-state index >= 15 is 0 Å². The van der Waals surface area contributed by atoms with E-state index in [0.717, 1.165) is 40.8 Å². The van der Waals surface area contributed by atoms with Crippen LogP contribution in [-0.2, 0) is 11.2 Å². The molecule has 146 valence electrons. The minimum absolute atomic E-state index is 0.0123. The van der Waals surface area contributed by atoms with Crippen LogP contribution in [0.2, 0.25) is 0 Å². The first-order valence-corrected chi connectivity index (χ1v) is 9.52. The van der Waals surface area contributed by atoms with Crippen LogP contribution in [-0.4, -0.2) is 44.5 Å². The summed E-state index contributed by atoms with van der Waals surface area (Å²) in [6.45, 7) is 3.17. The first kappa shape index (κ1) is 19.9. The Morgan fingerprint density at radius 3 is 2.39 bits per heavy atom. The highest BCUT2D eigenvalue weighted by Crippen LogP contribution is 2.30. The van der Waals surface area contributed by atoms with Crippen molar-refractivity contribution in [1.29, 1.82) is 0 Å². The van der Waals surface area contributed by atoms with Gasteiger partial charge < -0.3 is 14.4 Å². The van der Waals surface area contributed by atoms with Gasteiger partial charge in [0, 0.05) is 18.5 Å². The van der Waals surface area contributed by atoms with Crippen molar-refractivity contribution >= 4 is 16.6 Å². The number of ether oxygens (including phenoxy) is 2. The lowest BCUT2D eigenvalue weighted by Gasteiger charge is -2.15. The number of nitrogens with zero attached hydrogens (tertiary/aromatic N) is 1. The van der Waals surface area contributed by atoms with E-state index in [0.29, 0.717) is 6.61 Å². The highest BCUT2D eigenvalue weighted by atomic mass is 16.5. The monoisotopic (exact) mass is 377 g/mol. The summed E-state index contributed by atoms with van der Waals surface area (Å²) in [5, 5.41) is 2.31. The minimum atomic E-state index is 0.0123. The molecule has 28 heavy (non-hydrogen) atoms. The zero-order valence-electron chi connectivity index (χ0n) is 16.8. The van der Waals surface area contributed by atoms with Crippen molar-refractivity contribution in [2.45, 2.75) is 13.3 Å². The lowest BCUT2D eigenvalue weighted by molar-refractivity contribution is -0.118. The molecular formula is C24H27NO3. The molecule has 0 amide bonds. The molecule has 0 atom stereocenters. The van der Waals surface area contributed by atoms with Gasteiger partial charge in [-0.1, -0.05) is 42.5 Å². The summed E-state index contributed by atoms with van der Waals surface area (Å²) in [5.74, 6) is 1.65. The second-order valence-electron chi connectivity index (χ2n) is 7.23.